The summed E-state index contributed by atoms with van der Waals surface area (Å²) in [6.07, 6.45) is 12.4. The monoisotopic (exact) mass is 120 g/mol. The Morgan fingerprint density at radius 3 is 3.33 bits per heavy atom. The van der Waals surface area contributed by atoms with Gasteiger partial charge in [-0.15, -0.1) is 0 Å². The lowest BCUT2D eigenvalue weighted by atomic mass is 9.95. The van der Waals surface area contributed by atoms with Crippen LogP contribution < -0.4 is 0 Å². The van der Waals surface area contributed by atoms with Gasteiger partial charge in [-0.2, -0.15) is 0 Å². The van der Waals surface area contributed by atoms with E-state index >= 15 is 0 Å². The Morgan fingerprint density at radius 1 is 1.44 bits per heavy atom. The molecule has 0 N–H and O–H groups in total. The summed E-state index contributed by atoms with van der Waals surface area (Å²) in [5.74, 6) is 0.940. The van der Waals surface area contributed by atoms with E-state index in [1.54, 1.807) is 5.57 Å². The highest BCUT2D eigenvalue weighted by molar-refractivity contribution is 5.23. The molecule has 0 nitrogen and oxygen atoms in total. The molecule has 0 aromatic heterocycles. The van der Waals surface area contributed by atoms with Gasteiger partial charge in [-0.25, -0.2) is 0 Å². The van der Waals surface area contributed by atoms with Crippen LogP contribution in [0, 0.1) is 5.92 Å². The Balaban J connectivity index is 2.23. The van der Waals surface area contributed by atoms with E-state index in [0.29, 0.717) is 0 Å². The first-order valence-electron chi connectivity index (χ1n) is 3.82. The predicted octanol–water partition coefficient (Wildman–Crippen LogP) is 2.67. The first kappa shape index (κ1) is 5.28. The lowest BCUT2D eigenvalue weighted by Gasteiger charge is -2.11. The van der Waals surface area contributed by atoms with Crippen LogP contribution in [0.2, 0.25) is 0 Å². The molecule has 1 saturated carbocycles. The maximum Gasteiger partial charge on any atom is -0.0165 e. The minimum absolute atomic E-state index is 0.940. The first-order chi connectivity index (χ1) is 4.47. The Labute approximate surface area is 56.3 Å². The van der Waals surface area contributed by atoms with Crippen molar-refractivity contribution >= 4 is 0 Å². The van der Waals surface area contributed by atoms with Crippen molar-refractivity contribution in [2.75, 3.05) is 0 Å². The molecule has 9 heavy (non-hydrogen) atoms. The third-order valence-corrected chi connectivity index (χ3v) is 2.41. The van der Waals surface area contributed by atoms with E-state index in [1.807, 2.05) is 0 Å². The van der Waals surface area contributed by atoms with Gasteiger partial charge in [-0.1, -0.05) is 23.8 Å². The van der Waals surface area contributed by atoms with Crippen LogP contribution in [0.1, 0.15) is 25.7 Å². The van der Waals surface area contributed by atoms with Crippen LogP contribution >= 0.6 is 0 Å². The summed E-state index contributed by atoms with van der Waals surface area (Å²) >= 11 is 0. The molecule has 0 heteroatoms. The molecular weight excluding hydrogens is 108 g/mol. The van der Waals surface area contributed by atoms with E-state index in [2.05, 4.69) is 18.2 Å². The molecule has 2 aliphatic carbocycles. The standard InChI is InChI=1S/C9H12/c1-2-5-9-7-3-6-8(9)4-1/h1-2,4,9H,3,5-7H2/t9-/m1/s1. The van der Waals surface area contributed by atoms with E-state index in [0.717, 1.165) is 5.92 Å². The van der Waals surface area contributed by atoms with Gasteiger partial charge < -0.3 is 0 Å². The molecule has 0 radical (unpaired) electrons. The van der Waals surface area contributed by atoms with E-state index in [-0.39, 0.29) is 0 Å². The Morgan fingerprint density at radius 2 is 2.44 bits per heavy atom. The van der Waals surface area contributed by atoms with Crippen molar-refractivity contribution in [3.8, 4) is 0 Å². The molecule has 0 amide bonds. The fraction of sp³-hybridized carbons (Fsp3) is 0.556. The van der Waals surface area contributed by atoms with Crippen molar-refractivity contribution in [2.24, 2.45) is 5.92 Å². The van der Waals surface area contributed by atoms with E-state index in [1.165, 1.54) is 25.7 Å². The highest BCUT2D eigenvalue weighted by Gasteiger charge is 2.19. The van der Waals surface area contributed by atoms with Crippen LogP contribution in [0.3, 0.4) is 0 Å². The molecule has 2 aliphatic rings. The minimum atomic E-state index is 0.940. The second-order valence-electron chi connectivity index (χ2n) is 2.99. The molecule has 0 unspecified atom stereocenters. The average molecular weight is 120 g/mol. The van der Waals surface area contributed by atoms with Crippen molar-refractivity contribution in [3.05, 3.63) is 23.8 Å². The molecule has 0 aromatic rings. The van der Waals surface area contributed by atoms with Gasteiger partial charge in [0.05, 0.1) is 0 Å². The summed E-state index contributed by atoms with van der Waals surface area (Å²) in [5.41, 5.74) is 1.71. The zero-order valence-corrected chi connectivity index (χ0v) is 5.64. The van der Waals surface area contributed by atoms with Crippen LogP contribution in [0.15, 0.2) is 23.8 Å². The second kappa shape index (κ2) is 2.02. The maximum absolute atomic E-state index is 2.31. The number of fused-ring (bicyclic) bond motifs is 1. The lowest BCUT2D eigenvalue weighted by Crippen LogP contribution is -1.96. The van der Waals surface area contributed by atoms with Gasteiger partial charge in [0.15, 0.2) is 0 Å². The van der Waals surface area contributed by atoms with Crippen molar-refractivity contribution in [2.45, 2.75) is 25.7 Å². The quantitative estimate of drug-likeness (QED) is 0.461. The van der Waals surface area contributed by atoms with Crippen molar-refractivity contribution < 1.29 is 0 Å². The van der Waals surface area contributed by atoms with Crippen LogP contribution in [-0.4, -0.2) is 0 Å². The van der Waals surface area contributed by atoms with E-state index in [4.69, 9.17) is 0 Å². The topological polar surface area (TPSA) is 0 Å². The van der Waals surface area contributed by atoms with Gasteiger partial charge in [-0.3, -0.25) is 0 Å². The summed E-state index contributed by atoms with van der Waals surface area (Å²) in [6.45, 7) is 0. The van der Waals surface area contributed by atoms with Crippen LogP contribution in [0.4, 0.5) is 0 Å². The number of hydrogen-bond acceptors (Lipinski definition) is 0. The Bertz CT molecular complexity index is 163. The highest BCUT2D eigenvalue weighted by atomic mass is 14.2. The largest absolute Gasteiger partial charge is 0.0839 e. The Hall–Kier alpha value is -0.520. The normalized spacial score (nSPS) is 32.0. The zero-order chi connectivity index (χ0) is 6.10. The van der Waals surface area contributed by atoms with Crippen LogP contribution in [-0.2, 0) is 0 Å². The van der Waals surface area contributed by atoms with Gasteiger partial charge in [-0.05, 0) is 31.6 Å². The van der Waals surface area contributed by atoms with E-state index in [9.17, 15) is 0 Å². The molecule has 0 aromatic carbocycles. The molecule has 1 fully saturated rings. The third-order valence-electron chi connectivity index (χ3n) is 2.41. The molecule has 2 rings (SSSR count). The molecule has 0 saturated heterocycles. The lowest BCUT2D eigenvalue weighted by molar-refractivity contribution is 0.633. The van der Waals surface area contributed by atoms with Crippen molar-refractivity contribution in [1.82, 2.24) is 0 Å². The molecular formula is C9H12. The van der Waals surface area contributed by atoms with Gasteiger partial charge >= 0.3 is 0 Å². The number of allylic oxidation sites excluding steroid dienone is 4. The van der Waals surface area contributed by atoms with Gasteiger partial charge in [0.25, 0.3) is 0 Å². The summed E-state index contributed by atoms with van der Waals surface area (Å²) in [4.78, 5) is 0. The molecule has 48 valence electrons. The fourth-order valence-electron chi connectivity index (χ4n) is 1.87. The highest BCUT2D eigenvalue weighted by Crippen LogP contribution is 2.35. The summed E-state index contributed by atoms with van der Waals surface area (Å²) in [5, 5.41) is 0. The summed E-state index contributed by atoms with van der Waals surface area (Å²) in [6, 6.07) is 0. The maximum atomic E-state index is 2.31. The van der Waals surface area contributed by atoms with Gasteiger partial charge in [0, 0.05) is 0 Å². The molecule has 1 atom stereocenters. The summed E-state index contributed by atoms with van der Waals surface area (Å²) < 4.78 is 0. The SMILES string of the molecule is C1=CC[C@@H]2CCCC2=C1. The first-order valence-corrected chi connectivity index (χ1v) is 3.82. The second-order valence-corrected chi connectivity index (χ2v) is 2.99. The van der Waals surface area contributed by atoms with Gasteiger partial charge in [0.2, 0.25) is 0 Å². The van der Waals surface area contributed by atoms with Crippen LogP contribution in [0.25, 0.3) is 0 Å². The number of hydrogen-bond donors (Lipinski definition) is 0. The predicted molar refractivity (Wildman–Crippen MR) is 39.2 cm³/mol. The van der Waals surface area contributed by atoms with Crippen molar-refractivity contribution in [3.63, 3.8) is 0 Å². The smallest absolute Gasteiger partial charge is 0.0165 e. The average Bonchev–Trinajstić information content (AvgIpc) is 2.33. The van der Waals surface area contributed by atoms with Crippen molar-refractivity contribution in [1.29, 1.82) is 0 Å². The Kier molecular flexibility index (Phi) is 1.18. The third kappa shape index (κ3) is 0.827. The summed E-state index contributed by atoms with van der Waals surface area (Å²) in [7, 11) is 0. The molecule has 0 aliphatic heterocycles. The molecule has 0 spiro atoms. The number of rotatable bonds is 0. The van der Waals surface area contributed by atoms with E-state index < -0.39 is 0 Å². The molecule has 0 bridgehead atoms. The molecule has 0 heterocycles. The van der Waals surface area contributed by atoms with Gasteiger partial charge in [0.1, 0.15) is 0 Å². The van der Waals surface area contributed by atoms with Crippen LogP contribution in [0.5, 0.6) is 0 Å². The zero-order valence-electron chi connectivity index (χ0n) is 5.64. The minimum Gasteiger partial charge on any atom is -0.0839 e. The fourth-order valence-corrected chi connectivity index (χ4v) is 1.87.